The summed E-state index contributed by atoms with van der Waals surface area (Å²) < 4.78 is 0. The lowest BCUT2D eigenvalue weighted by Crippen LogP contribution is -2.12. The number of benzene rings is 2. The maximum atomic E-state index is 12.4. The highest BCUT2D eigenvalue weighted by molar-refractivity contribution is 6.04. The summed E-state index contributed by atoms with van der Waals surface area (Å²) in [6.07, 6.45) is 7.02. The third-order valence-corrected chi connectivity index (χ3v) is 4.72. The summed E-state index contributed by atoms with van der Waals surface area (Å²) in [5.74, 6) is 0.00245. The Morgan fingerprint density at radius 2 is 1.38 bits per heavy atom. The molecule has 1 amide bonds. The molecule has 0 atom stereocenters. The first-order valence-electron chi connectivity index (χ1n) is 7.84. The van der Waals surface area contributed by atoms with Gasteiger partial charge in [0, 0.05) is 11.3 Å². The number of carbonyl (C=O) groups is 1. The van der Waals surface area contributed by atoms with Gasteiger partial charge in [-0.3, -0.25) is 4.79 Å². The van der Waals surface area contributed by atoms with Crippen LogP contribution in [0.4, 0.5) is 5.69 Å². The molecule has 2 aliphatic carbocycles. The van der Waals surface area contributed by atoms with Gasteiger partial charge in [0.15, 0.2) is 0 Å². The molecule has 2 aliphatic rings. The van der Waals surface area contributed by atoms with Crippen LogP contribution in [0.1, 0.15) is 45.5 Å². The number of hydrogen-bond acceptors (Lipinski definition) is 1. The predicted molar refractivity (Wildman–Crippen MR) is 84.9 cm³/mol. The van der Waals surface area contributed by atoms with Crippen LogP contribution in [0.5, 0.6) is 0 Å². The minimum atomic E-state index is 0.00245. The molecule has 0 bridgehead atoms. The van der Waals surface area contributed by atoms with E-state index in [-0.39, 0.29) is 5.91 Å². The van der Waals surface area contributed by atoms with E-state index in [1.54, 1.807) is 0 Å². The average molecular weight is 277 g/mol. The Morgan fingerprint density at radius 3 is 2.14 bits per heavy atom. The lowest BCUT2D eigenvalue weighted by atomic mass is 10.1. The SMILES string of the molecule is O=C(Nc1ccc2c(c1)CCC2)c1ccc2c(c1)CCC2. The monoisotopic (exact) mass is 277 g/mol. The molecule has 0 heterocycles. The van der Waals surface area contributed by atoms with Gasteiger partial charge in [-0.25, -0.2) is 0 Å². The summed E-state index contributed by atoms with van der Waals surface area (Å²) in [4.78, 5) is 12.4. The van der Waals surface area contributed by atoms with E-state index in [1.807, 2.05) is 12.1 Å². The van der Waals surface area contributed by atoms with Crippen molar-refractivity contribution >= 4 is 11.6 Å². The third kappa shape index (κ3) is 2.35. The molecule has 0 fully saturated rings. The maximum absolute atomic E-state index is 12.4. The summed E-state index contributed by atoms with van der Waals surface area (Å²) in [6, 6.07) is 12.4. The molecule has 0 aromatic heterocycles. The molecule has 0 saturated carbocycles. The maximum Gasteiger partial charge on any atom is 0.255 e. The fraction of sp³-hybridized carbons (Fsp3) is 0.316. The zero-order valence-corrected chi connectivity index (χ0v) is 12.1. The number of fused-ring (bicyclic) bond motifs is 2. The molecule has 21 heavy (non-hydrogen) atoms. The summed E-state index contributed by atoms with van der Waals surface area (Å²) in [5, 5.41) is 3.04. The van der Waals surface area contributed by atoms with Gasteiger partial charge < -0.3 is 5.32 Å². The van der Waals surface area contributed by atoms with Gasteiger partial charge in [0.05, 0.1) is 0 Å². The van der Waals surface area contributed by atoms with Gasteiger partial charge in [-0.05, 0) is 85.0 Å². The molecule has 0 aliphatic heterocycles. The first kappa shape index (κ1) is 12.6. The first-order valence-corrected chi connectivity index (χ1v) is 7.84. The summed E-state index contributed by atoms with van der Waals surface area (Å²) in [5.41, 5.74) is 7.27. The number of nitrogens with one attached hydrogen (secondary N) is 1. The molecular formula is C19H19NO. The minimum Gasteiger partial charge on any atom is -0.322 e. The van der Waals surface area contributed by atoms with E-state index in [9.17, 15) is 4.79 Å². The van der Waals surface area contributed by atoms with Crippen LogP contribution in [-0.4, -0.2) is 5.91 Å². The van der Waals surface area contributed by atoms with Gasteiger partial charge in [0.25, 0.3) is 5.91 Å². The van der Waals surface area contributed by atoms with Crippen molar-refractivity contribution in [2.24, 2.45) is 0 Å². The fourth-order valence-electron chi connectivity index (χ4n) is 3.57. The molecule has 4 rings (SSSR count). The summed E-state index contributed by atoms with van der Waals surface area (Å²) >= 11 is 0. The Bertz CT molecular complexity index is 718. The van der Waals surface area contributed by atoms with E-state index in [4.69, 9.17) is 0 Å². The van der Waals surface area contributed by atoms with Crippen LogP contribution < -0.4 is 5.32 Å². The van der Waals surface area contributed by atoms with E-state index >= 15 is 0 Å². The molecule has 0 unspecified atom stereocenters. The predicted octanol–water partition coefficient (Wildman–Crippen LogP) is 3.92. The van der Waals surface area contributed by atoms with Crippen LogP contribution >= 0.6 is 0 Å². The molecular weight excluding hydrogens is 258 g/mol. The Labute approximate surface area is 125 Å². The van der Waals surface area contributed by atoms with Crippen LogP contribution in [0, 0.1) is 0 Å². The van der Waals surface area contributed by atoms with Crippen molar-refractivity contribution in [3.63, 3.8) is 0 Å². The van der Waals surface area contributed by atoms with Gasteiger partial charge in [-0.15, -0.1) is 0 Å². The normalized spacial score (nSPS) is 15.6. The lowest BCUT2D eigenvalue weighted by molar-refractivity contribution is 0.102. The van der Waals surface area contributed by atoms with Crippen molar-refractivity contribution in [3.05, 3.63) is 64.2 Å². The van der Waals surface area contributed by atoms with Crippen molar-refractivity contribution < 1.29 is 4.79 Å². The number of rotatable bonds is 2. The third-order valence-electron chi connectivity index (χ3n) is 4.72. The Hall–Kier alpha value is -2.09. The Kier molecular flexibility index (Phi) is 3.03. The topological polar surface area (TPSA) is 29.1 Å². The van der Waals surface area contributed by atoms with Crippen LogP contribution in [0.15, 0.2) is 36.4 Å². The Morgan fingerprint density at radius 1 is 0.762 bits per heavy atom. The smallest absolute Gasteiger partial charge is 0.255 e. The van der Waals surface area contributed by atoms with Gasteiger partial charge >= 0.3 is 0 Å². The van der Waals surface area contributed by atoms with Crippen molar-refractivity contribution in [2.45, 2.75) is 38.5 Å². The second kappa shape index (κ2) is 5.03. The van der Waals surface area contributed by atoms with Gasteiger partial charge in [-0.2, -0.15) is 0 Å². The van der Waals surface area contributed by atoms with Crippen molar-refractivity contribution in [1.82, 2.24) is 0 Å². The number of hydrogen-bond donors (Lipinski definition) is 1. The highest BCUT2D eigenvalue weighted by Crippen LogP contribution is 2.26. The summed E-state index contributed by atoms with van der Waals surface area (Å²) in [6.45, 7) is 0. The van der Waals surface area contributed by atoms with Crippen LogP contribution in [0.25, 0.3) is 0 Å². The lowest BCUT2D eigenvalue weighted by Gasteiger charge is -2.09. The molecule has 0 radical (unpaired) electrons. The molecule has 2 aromatic rings. The van der Waals surface area contributed by atoms with Gasteiger partial charge in [-0.1, -0.05) is 12.1 Å². The van der Waals surface area contributed by atoms with Crippen molar-refractivity contribution in [2.75, 3.05) is 5.32 Å². The van der Waals surface area contributed by atoms with Gasteiger partial charge in [0.2, 0.25) is 0 Å². The standard InChI is InChI=1S/C19H19NO/c21-19(17-8-7-13-3-1-5-15(13)11-17)20-18-10-9-14-4-2-6-16(14)12-18/h7-12H,1-6H2,(H,20,21). The van der Waals surface area contributed by atoms with Crippen LogP contribution in [-0.2, 0) is 25.7 Å². The van der Waals surface area contributed by atoms with Crippen LogP contribution in [0.2, 0.25) is 0 Å². The minimum absolute atomic E-state index is 0.00245. The second-order valence-electron chi connectivity index (χ2n) is 6.13. The largest absolute Gasteiger partial charge is 0.322 e. The number of carbonyl (C=O) groups excluding carboxylic acids is 1. The van der Waals surface area contributed by atoms with Gasteiger partial charge in [0.1, 0.15) is 0 Å². The average Bonchev–Trinajstić information content (AvgIpc) is 3.14. The van der Waals surface area contributed by atoms with E-state index in [0.29, 0.717) is 0 Å². The van der Waals surface area contributed by atoms with Crippen molar-refractivity contribution in [3.8, 4) is 0 Å². The molecule has 2 nitrogen and oxygen atoms in total. The van der Waals surface area contributed by atoms with E-state index in [0.717, 1.165) is 30.5 Å². The number of anilines is 1. The van der Waals surface area contributed by atoms with Crippen molar-refractivity contribution in [1.29, 1.82) is 0 Å². The van der Waals surface area contributed by atoms with E-state index < -0.39 is 0 Å². The molecule has 2 heteroatoms. The molecule has 0 spiro atoms. The van der Waals surface area contributed by atoms with E-state index in [1.165, 1.54) is 41.5 Å². The first-order chi connectivity index (χ1) is 10.3. The molecule has 2 aromatic carbocycles. The Balaban J connectivity index is 1.55. The quantitative estimate of drug-likeness (QED) is 0.885. The highest BCUT2D eigenvalue weighted by atomic mass is 16.1. The second-order valence-corrected chi connectivity index (χ2v) is 6.13. The summed E-state index contributed by atoms with van der Waals surface area (Å²) in [7, 11) is 0. The van der Waals surface area contributed by atoms with Crippen LogP contribution in [0.3, 0.4) is 0 Å². The molecule has 106 valence electrons. The zero-order chi connectivity index (χ0) is 14.2. The fourth-order valence-corrected chi connectivity index (χ4v) is 3.57. The highest BCUT2D eigenvalue weighted by Gasteiger charge is 2.15. The molecule has 0 saturated heterocycles. The van der Waals surface area contributed by atoms with E-state index in [2.05, 4.69) is 29.6 Å². The number of aryl methyl sites for hydroxylation is 4. The molecule has 1 N–H and O–H groups in total. The number of amides is 1. The zero-order valence-electron chi connectivity index (χ0n) is 12.1.